The number of thiophene rings is 1. The predicted octanol–water partition coefficient (Wildman–Crippen LogP) is 3.24. The number of ketones is 1. The predicted molar refractivity (Wildman–Crippen MR) is 95.6 cm³/mol. The van der Waals surface area contributed by atoms with Crippen LogP contribution in [0.25, 0.3) is 10.4 Å². The Hall–Kier alpha value is -1.98. The molecule has 1 aromatic heterocycles. The monoisotopic (exact) mass is 340 g/mol. The Morgan fingerprint density at radius 1 is 1.21 bits per heavy atom. The molecule has 3 heterocycles. The van der Waals surface area contributed by atoms with Crippen LogP contribution in [0.1, 0.15) is 46.2 Å². The molecule has 2 fully saturated rings. The number of amides is 1. The number of hydrogen-bond donors (Lipinski definition) is 2. The Kier molecular flexibility index (Phi) is 3.98. The number of benzene rings is 1. The minimum Gasteiger partial charge on any atom is -0.347 e. The molecule has 124 valence electrons. The molecule has 2 aliphatic heterocycles. The van der Waals surface area contributed by atoms with Crippen molar-refractivity contribution in [1.29, 1.82) is 0 Å². The molecule has 2 bridgehead atoms. The van der Waals surface area contributed by atoms with Gasteiger partial charge in [0.05, 0.1) is 4.88 Å². The molecule has 3 atom stereocenters. The van der Waals surface area contributed by atoms with Gasteiger partial charge in [0, 0.05) is 28.6 Å². The fraction of sp³-hybridized carbons (Fsp3) is 0.368. The van der Waals surface area contributed by atoms with Crippen molar-refractivity contribution in [3.05, 3.63) is 46.8 Å². The third-order valence-electron chi connectivity index (χ3n) is 5.00. The fourth-order valence-corrected chi connectivity index (χ4v) is 4.64. The van der Waals surface area contributed by atoms with Crippen LogP contribution in [0.5, 0.6) is 0 Å². The molecule has 24 heavy (non-hydrogen) atoms. The molecule has 0 spiro atoms. The summed E-state index contributed by atoms with van der Waals surface area (Å²) in [5.74, 6) is 0.0588. The molecular weight excluding hydrogens is 320 g/mol. The van der Waals surface area contributed by atoms with Crippen molar-refractivity contribution >= 4 is 23.0 Å². The van der Waals surface area contributed by atoms with Crippen LogP contribution in [0, 0.1) is 0 Å². The maximum atomic E-state index is 12.5. The molecule has 1 amide bonds. The number of hydrogen-bond acceptors (Lipinski definition) is 4. The molecule has 0 saturated carbocycles. The lowest BCUT2D eigenvalue weighted by atomic mass is 9.95. The zero-order valence-electron chi connectivity index (χ0n) is 13.5. The van der Waals surface area contributed by atoms with E-state index in [0.717, 1.165) is 28.2 Å². The Labute approximate surface area is 145 Å². The first-order valence-corrected chi connectivity index (χ1v) is 9.20. The van der Waals surface area contributed by atoms with Gasteiger partial charge in [-0.25, -0.2) is 0 Å². The van der Waals surface area contributed by atoms with Crippen molar-refractivity contribution in [2.24, 2.45) is 0 Å². The Morgan fingerprint density at radius 2 is 2.08 bits per heavy atom. The summed E-state index contributed by atoms with van der Waals surface area (Å²) >= 11 is 1.47. The van der Waals surface area contributed by atoms with Crippen LogP contribution in [0.4, 0.5) is 0 Å². The van der Waals surface area contributed by atoms with Crippen LogP contribution < -0.4 is 10.6 Å². The van der Waals surface area contributed by atoms with E-state index in [4.69, 9.17) is 0 Å². The highest BCUT2D eigenvalue weighted by molar-refractivity contribution is 7.17. The minimum atomic E-state index is 0.00771. The number of rotatable bonds is 4. The van der Waals surface area contributed by atoms with Gasteiger partial charge < -0.3 is 10.6 Å². The number of fused-ring (bicyclic) bond motifs is 2. The van der Waals surface area contributed by atoms with Crippen molar-refractivity contribution in [3.8, 4) is 10.4 Å². The van der Waals surface area contributed by atoms with Crippen molar-refractivity contribution in [2.45, 2.75) is 44.3 Å². The van der Waals surface area contributed by atoms with E-state index in [1.54, 1.807) is 6.92 Å². The highest BCUT2D eigenvalue weighted by Gasteiger charge is 2.39. The molecule has 2 aliphatic rings. The van der Waals surface area contributed by atoms with Gasteiger partial charge in [0.25, 0.3) is 5.91 Å². The zero-order chi connectivity index (χ0) is 16.7. The second kappa shape index (κ2) is 6.15. The molecule has 2 aromatic rings. The van der Waals surface area contributed by atoms with Crippen LogP contribution in [0.15, 0.2) is 36.4 Å². The van der Waals surface area contributed by atoms with Crippen LogP contribution in [-0.2, 0) is 0 Å². The molecule has 2 saturated heterocycles. The third-order valence-corrected chi connectivity index (χ3v) is 6.13. The first-order chi connectivity index (χ1) is 11.6. The van der Waals surface area contributed by atoms with E-state index >= 15 is 0 Å². The van der Waals surface area contributed by atoms with Gasteiger partial charge in [0.1, 0.15) is 0 Å². The summed E-state index contributed by atoms with van der Waals surface area (Å²) in [6.45, 7) is 1.57. The van der Waals surface area contributed by atoms with E-state index in [9.17, 15) is 9.59 Å². The van der Waals surface area contributed by atoms with Crippen molar-refractivity contribution in [1.82, 2.24) is 10.6 Å². The highest BCUT2D eigenvalue weighted by Crippen LogP contribution is 2.31. The van der Waals surface area contributed by atoms with Crippen molar-refractivity contribution in [2.75, 3.05) is 0 Å². The largest absolute Gasteiger partial charge is 0.347 e. The number of nitrogens with one attached hydrogen (secondary N) is 2. The number of Topliss-reactive ketones (excluding diaryl/α,β-unsaturated/α-hetero) is 1. The lowest BCUT2D eigenvalue weighted by Crippen LogP contribution is -2.42. The van der Waals surface area contributed by atoms with E-state index < -0.39 is 0 Å². The Balaban J connectivity index is 1.49. The normalized spacial score (nSPS) is 25.0. The van der Waals surface area contributed by atoms with Gasteiger partial charge in [-0.05, 0) is 49.9 Å². The third kappa shape index (κ3) is 2.89. The summed E-state index contributed by atoms with van der Waals surface area (Å²) in [6, 6.07) is 12.6. The average Bonchev–Trinajstić information content (AvgIpc) is 3.31. The van der Waals surface area contributed by atoms with Gasteiger partial charge in [0.2, 0.25) is 0 Å². The van der Waals surface area contributed by atoms with E-state index in [-0.39, 0.29) is 17.7 Å². The quantitative estimate of drug-likeness (QED) is 0.840. The smallest absolute Gasteiger partial charge is 0.261 e. The fourth-order valence-electron chi connectivity index (χ4n) is 3.73. The van der Waals surface area contributed by atoms with Gasteiger partial charge in [-0.15, -0.1) is 11.3 Å². The van der Waals surface area contributed by atoms with Crippen LogP contribution in [-0.4, -0.2) is 29.8 Å². The molecule has 2 N–H and O–H groups in total. The average molecular weight is 340 g/mol. The summed E-state index contributed by atoms with van der Waals surface area (Å²) in [6.07, 6.45) is 3.42. The zero-order valence-corrected chi connectivity index (χ0v) is 14.4. The Morgan fingerprint density at radius 3 is 2.79 bits per heavy atom. The first kappa shape index (κ1) is 15.5. The van der Waals surface area contributed by atoms with Crippen LogP contribution in [0.2, 0.25) is 0 Å². The summed E-state index contributed by atoms with van der Waals surface area (Å²) in [4.78, 5) is 25.8. The maximum absolute atomic E-state index is 12.5. The number of carbonyl (C=O) groups is 2. The van der Waals surface area contributed by atoms with Gasteiger partial charge in [-0.1, -0.05) is 18.2 Å². The standard InChI is InChI=1S/C19H20N2O2S/c1-11(22)12-3-2-4-13(9-12)17-7-8-18(24-17)19(23)21-16-10-14-5-6-15(16)20-14/h2-4,7-9,14-16,20H,5-6,10H2,1H3,(H,21,23)/t14-,15+,16-/m1/s1. The molecular formula is C19H20N2O2S. The van der Waals surface area contributed by atoms with Gasteiger partial charge >= 0.3 is 0 Å². The van der Waals surface area contributed by atoms with Crippen molar-refractivity contribution < 1.29 is 9.59 Å². The Bertz CT molecular complexity index is 798. The topological polar surface area (TPSA) is 58.2 Å². The van der Waals surface area contributed by atoms with Crippen LogP contribution >= 0.6 is 11.3 Å². The minimum absolute atomic E-state index is 0.00771. The van der Waals surface area contributed by atoms with Crippen molar-refractivity contribution in [3.63, 3.8) is 0 Å². The van der Waals surface area contributed by atoms with Crippen LogP contribution in [0.3, 0.4) is 0 Å². The lowest BCUT2D eigenvalue weighted by Gasteiger charge is -2.20. The molecule has 0 radical (unpaired) electrons. The molecule has 4 rings (SSSR count). The van der Waals surface area contributed by atoms with E-state index in [1.165, 1.54) is 17.8 Å². The number of carbonyl (C=O) groups excluding carboxylic acids is 2. The molecule has 0 unspecified atom stereocenters. The SMILES string of the molecule is CC(=O)c1cccc(-c2ccc(C(=O)N[C@@H]3C[C@H]4CC[C@@H]3N4)s2)c1. The summed E-state index contributed by atoms with van der Waals surface area (Å²) < 4.78 is 0. The summed E-state index contributed by atoms with van der Waals surface area (Å²) in [5.41, 5.74) is 1.67. The molecule has 1 aromatic carbocycles. The van der Waals surface area contributed by atoms with E-state index in [2.05, 4.69) is 10.6 Å². The maximum Gasteiger partial charge on any atom is 0.261 e. The van der Waals surface area contributed by atoms with Gasteiger partial charge in [-0.2, -0.15) is 0 Å². The second-order valence-corrected chi connectivity index (χ2v) is 7.75. The molecule has 0 aliphatic carbocycles. The summed E-state index contributed by atoms with van der Waals surface area (Å²) in [5, 5.41) is 6.72. The van der Waals surface area contributed by atoms with Gasteiger partial charge in [0.15, 0.2) is 5.78 Å². The van der Waals surface area contributed by atoms with Gasteiger partial charge in [-0.3, -0.25) is 9.59 Å². The van der Waals surface area contributed by atoms with E-state index in [0.29, 0.717) is 17.6 Å². The first-order valence-electron chi connectivity index (χ1n) is 8.38. The highest BCUT2D eigenvalue weighted by atomic mass is 32.1. The summed E-state index contributed by atoms with van der Waals surface area (Å²) in [7, 11) is 0. The molecule has 4 nitrogen and oxygen atoms in total. The second-order valence-electron chi connectivity index (χ2n) is 6.66. The molecule has 5 heteroatoms. The van der Waals surface area contributed by atoms with E-state index in [1.807, 2.05) is 36.4 Å². The lowest BCUT2D eigenvalue weighted by molar-refractivity contribution is 0.0934.